The van der Waals surface area contributed by atoms with Crippen LogP contribution in [-0.2, 0) is 35.1 Å². The first-order valence-electron chi connectivity index (χ1n) is 17.0. The van der Waals surface area contributed by atoms with E-state index in [2.05, 4.69) is 171 Å². The van der Waals surface area contributed by atoms with E-state index in [9.17, 15) is 0 Å². The zero-order valence-electron chi connectivity index (χ0n) is 29.4. The molecule has 1 aliphatic rings. The minimum absolute atomic E-state index is 0.203. The number of fused-ring (bicyclic) bond motifs is 3. The minimum atomic E-state index is 0.203. The summed E-state index contributed by atoms with van der Waals surface area (Å²) in [6.07, 6.45) is 11.9. The number of hydrogen-bond acceptors (Lipinski definition) is 0. The van der Waals surface area contributed by atoms with Gasteiger partial charge in [0, 0.05) is 0 Å². The van der Waals surface area contributed by atoms with Crippen molar-refractivity contribution >= 4 is 24.8 Å². The van der Waals surface area contributed by atoms with Crippen LogP contribution in [0.1, 0.15) is 110 Å². The van der Waals surface area contributed by atoms with Crippen LogP contribution in [0.4, 0.5) is 0 Å². The Bertz CT molecular complexity index is 1670. The molecular formula is C45H52Zr. The van der Waals surface area contributed by atoms with Gasteiger partial charge in [0.05, 0.1) is 0 Å². The Hall–Kier alpha value is -3.02. The van der Waals surface area contributed by atoms with Crippen LogP contribution in [0.5, 0.6) is 0 Å². The fourth-order valence-electron chi connectivity index (χ4n) is 5.82. The van der Waals surface area contributed by atoms with E-state index in [-0.39, 0.29) is 10.8 Å². The molecule has 0 bridgehead atoms. The molecule has 1 heteroatoms. The summed E-state index contributed by atoms with van der Waals surface area (Å²) in [5, 5.41) is 5.48. The number of allylic oxidation sites excluding steroid dienone is 4. The molecule has 5 aromatic carbocycles. The first-order valence-corrected chi connectivity index (χ1v) is 18.3. The molecule has 236 valence electrons. The zero-order chi connectivity index (χ0) is 33.3. The predicted octanol–water partition coefficient (Wildman–Crippen LogP) is 12.8. The molecule has 0 radical (unpaired) electrons. The van der Waals surface area contributed by atoms with Crippen molar-refractivity contribution in [1.82, 2.24) is 0 Å². The van der Waals surface area contributed by atoms with Gasteiger partial charge in [-0.3, -0.25) is 6.08 Å². The standard InChI is InChI=1S/C21H25.C13H10.C11H17.Zr/c1-20(2,3)16-7-9-18-14(12-16)11-15-13-17(21(4,5)6)8-10-19(15)18;1-3-7-12(8-4-1)11-13-9-5-2-6-10-13;1-3-5-10-7-8-11(9-10)6-4-2;/h7-13H,1-6H3;1-10H;9H,3-7H2,1-2H3;/q-1;;-1;+2. The van der Waals surface area contributed by atoms with Gasteiger partial charge in [0.25, 0.3) is 0 Å². The van der Waals surface area contributed by atoms with Crippen LogP contribution in [0, 0.1) is 6.08 Å². The van der Waals surface area contributed by atoms with E-state index in [0.29, 0.717) is 0 Å². The van der Waals surface area contributed by atoms with E-state index in [4.69, 9.17) is 0 Å². The summed E-state index contributed by atoms with van der Waals surface area (Å²) in [6.45, 7) is 18.1. The van der Waals surface area contributed by atoms with Gasteiger partial charge in [-0.05, 0) is 17.3 Å². The van der Waals surface area contributed by atoms with Crippen molar-refractivity contribution in [2.24, 2.45) is 0 Å². The molecule has 0 aromatic heterocycles. The molecule has 0 spiro atoms. The number of rotatable bonds is 6. The third kappa shape index (κ3) is 9.75. The summed E-state index contributed by atoms with van der Waals surface area (Å²) in [4.78, 5) is 0. The van der Waals surface area contributed by atoms with E-state index in [1.54, 1.807) is 5.57 Å². The van der Waals surface area contributed by atoms with Gasteiger partial charge in [0.2, 0.25) is 0 Å². The van der Waals surface area contributed by atoms with Gasteiger partial charge in [0.1, 0.15) is 0 Å². The normalized spacial score (nSPS) is 13.0. The zero-order valence-corrected chi connectivity index (χ0v) is 31.9. The maximum atomic E-state index is 3.42. The van der Waals surface area contributed by atoms with Gasteiger partial charge >= 0.3 is 99.2 Å². The van der Waals surface area contributed by atoms with Crippen LogP contribution in [0.3, 0.4) is 0 Å². The SMILES string of the molecule is CC(C)(C)c1ccc2c(c1)[cH-]c1cc(C(C)(C)C)ccc12.CCCC1=[C-]CC(CCC)=C1.[Zr+2]=[C](c1ccccc1)c1ccccc1. The molecule has 5 aromatic rings. The average molecular weight is 684 g/mol. The Kier molecular flexibility index (Phi) is 12.6. The number of benzene rings is 4. The van der Waals surface area contributed by atoms with E-state index < -0.39 is 0 Å². The van der Waals surface area contributed by atoms with Crippen molar-refractivity contribution in [3.63, 3.8) is 0 Å². The van der Waals surface area contributed by atoms with Crippen LogP contribution in [-0.4, -0.2) is 3.21 Å². The first kappa shape index (κ1) is 35.8. The number of hydrogen-bond donors (Lipinski definition) is 0. The molecule has 0 fully saturated rings. The quantitative estimate of drug-likeness (QED) is 0.156. The third-order valence-electron chi connectivity index (χ3n) is 8.57. The van der Waals surface area contributed by atoms with Crippen molar-refractivity contribution < 1.29 is 24.2 Å². The van der Waals surface area contributed by atoms with E-state index >= 15 is 0 Å². The second kappa shape index (κ2) is 16.2. The molecule has 0 atom stereocenters. The van der Waals surface area contributed by atoms with Gasteiger partial charge in [-0.25, -0.2) is 11.6 Å². The van der Waals surface area contributed by atoms with Gasteiger partial charge in [0.15, 0.2) is 0 Å². The van der Waals surface area contributed by atoms with Crippen LogP contribution >= 0.6 is 0 Å². The van der Waals surface area contributed by atoms with Crippen LogP contribution in [0.25, 0.3) is 21.5 Å². The maximum absolute atomic E-state index is 3.42. The molecule has 0 saturated heterocycles. The Labute approximate surface area is 294 Å². The summed E-state index contributed by atoms with van der Waals surface area (Å²) in [7, 11) is 0. The van der Waals surface area contributed by atoms with Gasteiger partial charge < -0.3 is 0 Å². The van der Waals surface area contributed by atoms with Crippen molar-refractivity contribution in [3.05, 3.63) is 149 Å². The molecule has 0 amide bonds. The second-order valence-corrected chi connectivity index (χ2v) is 15.8. The van der Waals surface area contributed by atoms with Crippen LogP contribution in [0.15, 0.2) is 120 Å². The summed E-state index contributed by atoms with van der Waals surface area (Å²) in [6, 6.07) is 37.3. The molecule has 1 aliphatic carbocycles. The third-order valence-corrected chi connectivity index (χ3v) is 9.99. The molecule has 0 nitrogen and oxygen atoms in total. The fourth-order valence-corrected chi connectivity index (χ4v) is 6.64. The molecule has 0 heterocycles. The van der Waals surface area contributed by atoms with Crippen molar-refractivity contribution in [2.75, 3.05) is 0 Å². The first-order chi connectivity index (χ1) is 21.9. The van der Waals surface area contributed by atoms with Gasteiger partial charge in [-0.15, -0.1) is 46.2 Å². The summed E-state index contributed by atoms with van der Waals surface area (Å²) >= 11 is 1.46. The average Bonchev–Trinajstić information content (AvgIpc) is 3.65. The van der Waals surface area contributed by atoms with Crippen molar-refractivity contribution in [2.45, 2.75) is 98.3 Å². The fraction of sp³-hybridized carbons (Fsp3) is 0.333. The molecular weight excluding hydrogens is 632 g/mol. The Morgan fingerprint density at radius 2 is 1.11 bits per heavy atom. The topological polar surface area (TPSA) is 0 Å². The molecule has 6 rings (SSSR count). The molecule has 0 aliphatic heterocycles. The Morgan fingerprint density at radius 3 is 1.52 bits per heavy atom. The molecule has 0 N–H and O–H groups in total. The second-order valence-electron chi connectivity index (χ2n) is 14.5. The predicted molar refractivity (Wildman–Crippen MR) is 200 cm³/mol. The summed E-state index contributed by atoms with van der Waals surface area (Å²) < 4.78 is 1.42. The van der Waals surface area contributed by atoms with E-state index in [1.807, 2.05) is 0 Å². The molecule has 0 unspecified atom stereocenters. The van der Waals surface area contributed by atoms with Crippen LogP contribution < -0.4 is 0 Å². The molecule has 0 saturated carbocycles. The Morgan fingerprint density at radius 1 is 0.652 bits per heavy atom. The van der Waals surface area contributed by atoms with Gasteiger partial charge in [-0.2, -0.15) is 5.57 Å². The van der Waals surface area contributed by atoms with Crippen molar-refractivity contribution in [1.29, 1.82) is 0 Å². The van der Waals surface area contributed by atoms with E-state index in [0.717, 1.165) is 6.42 Å². The van der Waals surface area contributed by atoms with Crippen molar-refractivity contribution in [3.8, 4) is 0 Å². The monoisotopic (exact) mass is 682 g/mol. The van der Waals surface area contributed by atoms with E-state index in [1.165, 1.54) is 102 Å². The summed E-state index contributed by atoms with van der Waals surface area (Å²) in [5.41, 5.74) is 8.89. The van der Waals surface area contributed by atoms with Gasteiger partial charge in [-0.1, -0.05) is 110 Å². The Balaban J connectivity index is 0.000000167. The summed E-state index contributed by atoms with van der Waals surface area (Å²) in [5.74, 6) is 0. The molecule has 46 heavy (non-hydrogen) atoms. The van der Waals surface area contributed by atoms with Crippen LogP contribution in [0.2, 0.25) is 0 Å².